The number of hydrogen-bond acceptors (Lipinski definition) is 2. The van der Waals surface area contributed by atoms with Crippen LogP contribution in [0.2, 0.25) is 0 Å². The van der Waals surface area contributed by atoms with Gasteiger partial charge in [0.05, 0.1) is 6.61 Å². The summed E-state index contributed by atoms with van der Waals surface area (Å²) in [5, 5.41) is 8.56. The molecular weight excluding hydrogens is 235 g/mol. The number of aliphatic carboxylic acids is 1. The summed E-state index contributed by atoms with van der Waals surface area (Å²) in [5.74, 6) is -0.984. The number of carbonyl (C=O) groups is 1. The van der Waals surface area contributed by atoms with Gasteiger partial charge in [0.1, 0.15) is 11.6 Å². The number of carboxylic acids is 1. The molecule has 0 atom stereocenters. The minimum Gasteiger partial charge on any atom is -0.493 e. The summed E-state index contributed by atoms with van der Waals surface area (Å²) in [4.78, 5) is 10.4. The Morgan fingerprint density at radius 2 is 2.22 bits per heavy atom. The number of hydrogen-bond donors (Lipinski definition) is 1. The highest BCUT2D eigenvalue weighted by molar-refractivity contribution is 5.85. The van der Waals surface area contributed by atoms with Crippen LogP contribution >= 0.6 is 0 Å². The van der Waals surface area contributed by atoms with E-state index in [9.17, 15) is 9.18 Å². The molecule has 1 rings (SSSR count). The number of halogens is 1. The molecule has 3 nitrogen and oxygen atoms in total. The van der Waals surface area contributed by atoms with E-state index in [1.807, 2.05) is 0 Å². The second-order valence-corrected chi connectivity index (χ2v) is 3.91. The monoisotopic (exact) mass is 252 g/mol. The topological polar surface area (TPSA) is 46.5 Å². The summed E-state index contributed by atoms with van der Waals surface area (Å²) in [6, 6.07) is 4.07. The Labute approximate surface area is 106 Å². The Hall–Kier alpha value is -1.84. The van der Waals surface area contributed by atoms with E-state index in [-0.39, 0.29) is 0 Å². The fourth-order valence-electron chi connectivity index (χ4n) is 1.48. The second kappa shape index (κ2) is 7.48. The van der Waals surface area contributed by atoms with Gasteiger partial charge in [0.25, 0.3) is 0 Å². The Morgan fingerprint density at radius 3 is 2.89 bits per heavy atom. The number of rotatable bonds is 7. The fourth-order valence-corrected chi connectivity index (χ4v) is 1.48. The van der Waals surface area contributed by atoms with Crippen LogP contribution in [-0.4, -0.2) is 17.7 Å². The van der Waals surface area contributed by atoms with Gasteiger partial charge in [0.15, 0.2) is 0 Å². The third-order valence-electron chi connectivity index (χ3n) is 2.38. The molecule has 0 spiro atoms. The standard InChI is InChI=1S/C14H17FO3/c1-2-3-4-9-18-13-7-6-12(15)10-11(13)5-8-14(16)17/h5-8,10H,2-4,9H2,1H3,(H,16,17)/b8-5+. The van der Waals surface area contributed by atoms with Gasteiger partial charge in [-0.05, 0) is 30.7 Å². The average molecular weight is 252 g/mol. The van der Waals surface area contributed by atoms with Crippen LogP contribution in [0.3, 0.4) is 0 Å². The summed E-state index contributed by atoms with van der Waals surface area (Å²) in [7, 11) is 0. The average Bonchev–Trinajstić information content (AvgIpc) is 2.34. The zero-order valence-corrected chi connectivity index (χ0v) is 10.4. The first-order valence-corrected chi connectivity index (χ1v) is 5.97. The van der Waals surface area contributed by atoms with E-state index in [1.165, 1.54) is 24.3 Å². The van der Waals surface area contributed by atoms with Gasteiger partial charge in [0.2, 0.25) is 0 Å². The molecule has 98 valence electrons. The van der Waals surface area contributed by atoms with Gasteiger partial charge in [-0.25, -0.2) is 9.18 Å². The largest absolute Gasteiger partial charge is 0.493 e. The first-order valence-electron chi connectivity index (χ1n) is 5.97. The summed E-state index contributed by atoms with van der Waals surface area (Å²) in [5.41, 5.74) is 0.439. The fraction of sp³-hybridized carbons (Fsp3) is 0.357. The van der Waals surface area contributed by atoms with Crippen LogP contribution in [-0.2, 0) is 4.79 Å². The van der Waals surface area contributed by atoms with Crippen LogP contribution in [0, 0.1) is 5.82 Å². The molecule has 4 heteroatoms. The van der Waals surface area contributed by atoms with Crippen molar-refractivity contribution in [1.29, 1.82) is 0 Å². The molecule has 0 unspecified atom stereocenters. The molecular formula is C14H17FO3. The second-order valence-electron chi connectivity index (χ2n) is 3.91. The first kappa shape index (κ1) is 14.2. The predicted molar refractivity (Wildman–Crippen MR) is 68.1 cm³/mol. The quantitative estimate of drug-likeness (QED) is 0.597. The Morgan fingerprint density at radius 1 is 1.44 bits per heavy atom. The van der Waals surface area contributed by atoms with Crippen LogP contribution in [0.4, 0.5) is 4.39 Å². The third kappa shape index (κ3) is 4.99. The van der Waals surface area contributed by atoms with Crippen molar-refractivity contribution in [2.24, 2.45) is 0 Å². The highest BCUT2D eigenvalue weighted by Crippen LogP contribution is 2.21. The van der Waals surface area contributed by atoms with E-state index >= 15 is 0 Å². The van der Waals surface area contributed by atoms with Crippen molar-refractivity contribution >= 4 is 12.0 Å². The lowest BCUT2D eigenvalue weighted by Crippen LogP contribution is -1.99. The van der Waals surface area contributed by atoms with Gasteiger partial charge >= 0.3 is 5.97 Å². The van der Waals surface area contributed by atoms with E-state index in [2.05, 4.69) is 6.92 Å². The van der Waals surface area contributed by atoms with Crippen LogP contribution in [0.15, 0.2) is 24.3 Å². The number of ether oxygens (including phenoxy) is 1. The SMILES string of the molecule is CCCCCOc1ccc(F)cc1/C=C/C(=O)O. The van der Waals surface area contributed by atoms with E-state index in [0.29, 0.717) is 17.9 Å². The third-order valence-corrected chi connectivity index (χ3v) is 2.38. The molecule has 0 aromatic heterocycles. The van der Waals surface area contributed by atoms with Crippen molar-refractivity contribution < 1.29 is 19.0 Å². The molecule has 1 aromatic carbocycles. The van der Waals surface area contributed by atoms with Gasteiger partial charge in [-0.2, -0.15) is 0 Å². The summed E-state index contributed by atoms with van der Waals surface area (Å²) >= 11 is 0. The summed E-state index contributed by atoms with van der Waals surface area (Å²) in [6.07, 6.45) is 5.39. The minimum atomic E-state index is -1.07. The zero-order chi connectivity index (χ0) is 13.4. The van der Waals surface area contributed by atoms with Crippen molar-refractivity contribution in [3.63, 3.8) is 0 Å². The van der Waals surface area contributed by atoms with E-state index < -0.39 is 11.8 Å². The maximum Gasteiger partial charge on any atom is 0.328 e. The van der Waals surface area contributed by atoms with Crippen molar-refractivity contribution in [3.05, 3.63) is 35.7 Å². The van der Waals surface area contributed by atoms with Crippen LogP contribution < -0.4 is 4.74 Å². The molecule has 0 fully saturated rings. The number of unbranched alkanes of at least 4 members (excludes halogenated alkanes) is 2. The van der Waals surface area contributed by atoms with Gasteiger partial charge in [-0.1, -0.05) is 19.8 Å². The van der Waals surface area contributed by atoms with Crippen molar-refractivity contribution in [3.8, 4) is 5.75 Å². The lowest BCUT2D eigenvalue weighted by atomic mass is 10.2. The van der Waals surface area contributed by atoms with Crippen LogP contribution in [0.25, 0.3) is 6.08 Å². The molecule has 1 aromatic rings. The van der Waals surface area contributed by atoms with Gasteiger partial charge < -0.3 is 9.84 Å². The van der Waals surface area contributed by atoms with E-state index in [0.717, 1.165) is 25.3 Å². The highest BCUT2D eigenvalue weighted by atomic mass is 19.1. The van der Waals surface area contributed by atoms with Gasteiger partial charge in [-0.15, -0.1) is 0 Å². The molecule has 0 bridgehead atoms. The number of benzene rings is 1. The summed E-state index contributed by atoms with van der Waals surface area (Å²) in [6.45, 7) is 2.65. The van der Waals surface area contributed by atoms with Crippen LogP contribution in [0.1, 0.15) is 31.7 Å². The minimum absolute atomic E-state index is 0.416. The van der Waals surface area contributed by atoms with Gasteiger partial charge in [-0.3, -0.25) is 0 Å². The highest BCUT2D eigenvalue weighted by Gasteiger charge is 2.03. The molecule has 18 heavy (non-hydrogen) atoms. The molecule has 1 N–H and O–H groups in total. The van der Waals surface area contributed by atoms with Crippen LogP contribution in [0.5, 0.6) is 5.75 Å². The molecule has 0 radical (unpaired) electrons. The first-order chi connectivity index (χ1) is 8.63. The maximum atomic E-state index is 13.1. The maximum absolute atomic E-state index is 13.1. The Kier molecular flexibility index (Phi) is 5.91. The molecule has 0 heterocycles. The Balaban J connectivity index is 2.73. The van der Waals surface area contributed by atoms with E-state index in [1.54, 1.807) is 0 Å². The molecule has 0 saturated carbocycles. The number of carboxylic acid groups (broad SMARTS) is 1. The lowest BCUT2D eigenvalue weighted by Gasteiger charge is -2.09. The smallest absolute Gasteiger partial charge is 0.328 e. The lowest BCUT2D eigenvalue weighted by molar-refractivity contribution is -0.131. The Bertz CT molecular complexity index is 427. The summed E-state index contributed by atoms with van der Waals surface area (Å²) < 4.78 is 18.6. The molecule has 0 aliphatic heterocycles. The predicted octanol–water partition coefficient (Wildman–Crippen LogP) is 3.49. The van der Waals surface area contributed by atoms with Gasteiger partial charge in [0, 0.05) is 11.6 Å². The van der Waals surface area contributed by atoms with Crippen molar-refractivity contribution in [1.82, 2.24) is 0 Å². The zero-order valence-electron chi connectivity index (χ0n) is 10.4. The molecule has 0 aliphatic carbocycles. The molecule has 0 amide bonds. The molecule has 0 aliphatic rings. The van der Waals surface area contributed by atoms with Crippen molar-refractivity contribution in [2.75, 3.05) is 6.61 Å². The van der Waals surface area contributed by atoms with E-state index in [4.69, 9.17) is 9.84 Å². The van der Waals surface area contributed by atoms with Crippen molar-refractivity contribution in [2.45, 2.75) is 26.2 Å². The normalized spacial score (nSPS) is 10.8. The molecule has 0 saturated heterocycles.